The van der Waals surface area contributed by atoms with Gasteiger partial charge in [-0.2, -0.15) is 0 Å². The topological polar surface area (TPSA) is 47.3 Å². The first-order chi connectivity index (χ1) is 9.19. The molecule has 4 heteroatoms. The smallest absolute Gasteiger partial charge is 0.208 e. The summed E-state index contributed by atoms with van der Waals surface area (Å²) >= 11 is 0. The molecule has 0 radical (unpaired) electrons. The van der Waals surface area contributed by atoms with Crippen LogP contribution in [-0.2, 0) is 13.0 Å². The predicted octanol–water partition coefficient (Wildman–Crippen LogP) is 2.63. The minimum absolute atomic E-state index is 0.665. The lowest BCUT2D eigenvalue weighted by atomic mass is 10.1. The van der Waals surface area contributed by atoms with Crippen LogP contribution >= 0.6 is 0 Å². The molecule has 0 spiro atoms. The third kappa shape index (κ3) is 3.83. The molecule has 1 aromatic heterocycles. The number of benzene rings is 1. The van der Waals surface area contributed by atoms with Gasteiger partial charge in [-0.25, -0.2) is 4.98 Å². The Labute approximate surface area is 113 Å². The standard InChI is InChI=1S/C15H20N2O2/c1-11-12(2)19-15(17-11)10-16-8-7-13-5-4-6-14(9-13)18-3/h4-6,9,16H,7-8,10H2,1-3H3. The molecule has 0 atom stereocenters. The fourth-order valence-corrected chi connectivity index (χ4v) is 1.87. The Morgan fingerprint density at radius 3 is 2.84 bits per heavy atom. The summed E-state index contributed by atoms with van der Waals surface area (Å²) in [6.45, 7) is 5.44. The summed E-state index contributed by atoms with van der Waals surface area (Å²) in [7, 11) is 1.69. The number of methoxy groups -OCH3 is 1. The number of hydrogen-bond acceptors (Lipinski definition) is 4. The van der Waals surface area contributed by atoms with Crippen LogP contribution in [0.5, 0.6) is 5.75 Å². The Hall–Kier alpha value is -1.81. The number of hydrogen-bond donors (Lipinski definition) is 1. The van der Waals surface area contributed by atoms with Crippen LogP contribution in [0.1, 0.15) is 22.9 Å². The zero-order valence-electron chi connectivity index (χ0n) is 11.7. The van der Waals surface area contributed by atoms with Gasteiger partial charge in [0, 0.05) is 0 Å². The molecule has 102 valence electrons. The van der Waals surface area contributed by atoms with Crippen molar-refractivity contribution in [3.63, 3.8) is 0 Å². The van der Waals surface area contributed by atoms with Gasteiger partial charge in [0.15, 0.2) is 0 Å². The number of nitrogens with one attached hydrogen (secondary N) is 1. The molecule has 2 rings (SSSR count). The SMILES string of the molecule is COc1cccc(CCNCc2nc(C)c(C)o2)c1. The molecule has 1 heterocycles. The highest BCUT2D eigenvalue weighted by Crippen LogP contribution is 2.12. The number of ether oxygens (including phenoxy) is 1. The Kier molecular flexibility index (Phi) is 4.58. The summed E-state index contributed by atoms with van der Waals surface area (Å²) < 4.78 is 10.7. The minimum atomic E-state index is 0.665. The molecular formula is C15H20N2O2. The molecule has 4 nitrogen and oxygen atoms in total. The maximum Gasteiger partial charge on any atom is 0.208 e. The monoisotopic (exact) mass is 260 g/mol. The van der Waals surface area contributed by atoms with E-state index in [-0.39, 0.29) is 0 Å². The number of oxazole rings is 1. The van der Waals surface area contributed by atoms with Gasteiger partial charge in [0.2, 0.25) is 5.89 Å². The van der Waals surface area contributed by atoms with Crippen molar-refractivity contribution in [2.45, 2.75) is 26.8 Å². The molecule has 0 unspecified atom stereocenters. The van der Waals surface area contributed by atoms with Crippen molar-refractivity contribution < 1.29 is 9.15 Å². The molecule has 19 heavy (non-hydrogen) atoms. The lowest BCUT2D eigenvalue weighted by Gasteiger charge is -2.05. The molecule has 0 saturated carbocycles. The molecular weight excluding hydrogens is 240 g/mol. The third-order valence-corrected chi connectivity index (χ3v) is 3.07. The molecule has 0 fully saturated rings. The Morgan fingerprint density at radius 1 is 1.32 bits per heavy atom. The van der Waals surface area contributed by atoms with Crippen LogP contribution < -0.4 is 10.1 Å². The largest absolute Gasteiger partial charge is 0.497 e. The summed E-state index contributed by atoms with van der Waals surface area (Å²) in [5.74, 6) is 2.54. The Balaban J connectivity index is 1.77. The van der Waals surface area contributed by atoms with E-state index in [0.717, 1.165) is 36.1 Å². The lowest BCUT2D eigenvalue weighted by molar-refractivity contribution is 0.414. The van der Waals surface area contributed by atoms with E-state index in [0.29, 0.717) is 6.54 Å². The van der Waals surface area contributed by atoms with Crippen LogP contribution in [0.25, 0.3) is 0 Å². The van der Waals surface area contributed by atoms with Gasteiger partial charge in [0.1, 0.15) is 11.5 Å². The second kappa shape index (κ2) is 6.38. The van der Waals surface area contributed by atoms with E-state index in [1.807, 2.05) is 26.0 Å². The highest BCUT2D eigenvalue weighted by Gasteiger charge is 2.04. The quantitative estimate of drug-likeness (QED) is 0.811. The lowest BCUT2D eigenvalue weighted by Crippen LogP contribution is -2.16. The van der Waals surface area contributed by atoms with Gasteiger partial charge in [0.25, 0.3) is 0 Å². The highest BCUT2D eigenvalue weighted by atomic mass is 16.5. The molecule has 0 amide bonds. The van der Waals surface area contributed by atoms with E-state index in [2.05, 4.69) is 22.4 Å². The van der Waals surface area contributed by atoms with E-state index < -0.39 is 0 Å². The maximum atomic E-state index is 5.51. The van der Waals surface area contributed by atoms with E-state index in [4.69, 9.17) is 9.15 Å². The molecule has 0 bridgehead atoms. The first-order valence-electron chi connectivity index (χ1n) is 6.45. The highest BCUT2D eigenvalue weighted by molar-refractivity contribution is 5.28. The third-order valence-electron chi connectivity index (χ3n) is 3.07. The maximum absolute atomic E-state index is 5.51. The van der Waals surface area contributed by atoms with E-state index in [9.17, 15) is 0 Å². The normalized spacial score (nSPS) is 10.7. The second-order valence-corrected chi connectivity index (χ2v) is 4.53. The number of nitrogens with zero attached hydrogens (tertiary/aromatic N) is 1. The summed E-state index contributed by atoms with van der Waals surface area (Å²) in [4.78, 5) is 4.33. The van der Waals surface area contributed by atoms with Gasteiger partial charge in [-0.05, 0) is 44.5 Å². The molecule has 0 aliphatic heterocycles. The van der Waals surface area contributed by atoms with Gasteiger partial charge in [-0.15, -0.1) is 0 Å². The van der Waals surface area contributed by atoms with Crippen LogP contribution in [0, 0.1) is 13.8 Å². The molecule has 2 aromatic rings. The van der Waals surface area contributed by atoms with Crippen LogP contribution in [-0.4, -0.2) is 18.6 Å². The van der Waals surface area contributed by atoms with Gasteiger partial charge >= 0.3 is 0 Å². The van der Waals surface area contributed by atoms with Gasteiger partial charge in [-0.1, -0.05) is 12.1 Å². The average Bonchev–Trinajstić information content (AvgIpc) is 2.74. The second-order valence-electron chi connectivity index (χ2n) is 4.53. The summed E-state index contributed by atoms with van der Waals surface area (Å²) in [6.07, 6.45) is 0.954. The van der Waals surface area contributed by atoms with Gasteiger partial charge in [0.05, 0.1) is 19.3 Å². The van der Waals surface area contributed by atoms with E-state index in [1.165, 1.54) is 5.56 Å². The van der Waals surface area contributed by atoms with E-state index in [1.54, 1.807) is 7.11 Å². The summed E-state index contributed by atoms with van der Waals surface area (Å²) in [6, 6.07) is 8.12. The van der Waals surface area contributed by atoms with Crippen molar-refractivity contribution in [2.75, 3.05) is 13.7 Å². The zero-order chi connectivity index (χ0) is 13.7. The first kappa shape index (κ1) is 13.6. The molecule has 0 saturated heterocycles. The Bertz CT molecular complexity index is 515. The van der Waals surface area contributed by atoms with Crippen molar-refractivity contribution in [3.05, 3.63) is 47.2 Å². The van der Waals surface area contributed by atoms with Crippen LogP contribution in [0.3, 0.4) is 0 Å². The number of rotatable bonds is 6. The molecule has 1 aromatic carbocycles. The minimum Gasteiger partial charge on any atom is -0.497 e. The van der Waals surface area contributed by atoms with Crippen molar-refractivity contribution in [1.29, 1.82) is 0 Å². The molecule has 0 aliphatic rings. The van der Waals surface area contributed by atoms with Crippen molar-refractivity contribution in [3.8, 4) is 5.75 Å². The van der Waals surface area contributed by atoms with Crippen molar-refractivity contribution in [1.82, 2.24) is 10.3 Å². The van der Waals surface area contributed by atoms with Crippen LogP contribution in [0.4, 0.5) is 0 Å². The Morgan fingerprint density at radius 2 is 2.16 bits per heavy atom. The molecule has 0 aliphatic carbocycles. The molecule has 1 N–H and O–H groups in total. The summed E-state index contributed by atoms with van der Waals surface area (Å²) in [5, 5.41) is 3.33. The number of aromatic nitrogens is 1. The predicted molar refractivity (Wildman–Crippen MR) is 74.4 cm³/mol. The van der Waals surface area contributed by atoms with Gasteiger partial charge in [-0.3, -0.25) is 0 Å². The summed E-state index contributed by atoms with van der Waals surface area (Å²) in [5.41, 5.74) is 2.22. The zero-order valence-corrected chi connectivity index (χ0v) is 11.7. The number of aryl methyl sites for hydroxylation is 2. The van der Waals surface area contributed by atoms with Gasteiger partial charge < -0.3 is 14.5 Å². The first-order valence-corrected chi connectivity index (χ1v) is 6.45. The average molecular weight is 260 g/mol. The fraction of sp³-hybridized carbons (Fsp3) is 0.400. The fourth-order valence-electron chi connectivity index (χ4n) is 1.87. The van der Waals surface area contributed by atoms with Crippen molar-refractivity contribution in [2.24, 2.45) is 0 Å². The van der Waals surface area contributed by atoms with Crippen molar-refractivity contribution >= 4 is 0 Å². The van der Waals surface area contributed by atoms with Crippen LogP contribution in [0.15, 0.2) is 28.7 Å². The van der Waals surface area contributed by atoms with E-state index >= 15 is 0 Å². The van der Waals surface area contributed by atoms with Crippen LogP contribution in [0.2, 0.25) is 0 Å².